The second-order valence-electron chi connectivity index (χ2n) is 6.43. The maximum Gasteiger partial charge on any atom is 0.188 e. The lowest BCUT2D eigenvalue weighted by atomic mass is 10.1. The molecular formula is C21H18N8O2. The lowest BCUT2D eigenvalue weighted by molar-refractivity contribution is 0.414. The van der Waals surface area contributed by atoms with E-state index in [9.17, 15) is 5.26 Å². The Morgan fingerprint density at radius 1 is 0.935 bits per heavy atom. The molecule has 0 atom stereocenters. The van der Waals surface area contributed by atoms with Crippen molar-refractivity contribution in [3.63, 3.8) is 0 Å². The first kappa shape index (κ1) is 19.7. The number of nitriles is 1. The van der Waals surface area contributed by atoms with Crippen LogP contribution in [0, 0.1) is 11.3 Å². The zero-order valence-corrected chi connectivity index (χ0v) is 16.8. The summed E-state index contributed by atoms with van der Waals surface area (Å²) in [6.07, 6.45) is 0. The zero-order chi connectivity index (χ0) is 22.0. The maximum atomic E-state index is 9.67. The van der Waals surface area contributed by atoms with Crippen LogP contribution in [-0.2, 0) is 0 Å². The van der Waals surface area contributed by atoms with E-state index >= 15 is 0 Å². The molecule has 4 N–H and O–H groups in total. The average Bonchev–Trinajstić information content (AvgIpc) is 3.13. The third kappa shape index (κ3) is 3.56. The van der Waals surface area contributed by atoms with Gasteiger partial charge in [-0.25, -0.2) is 4.98 Å². The first-order valence-electron chi connectivity index (χ1n) is 9.13. The van der Waals surface area contributed by atoms with Crippen molar-refractivity contribution in [3.8, 4) is 28.8 Å². The molecule has 0 bridgehead atoms. The van der Waals surface area contributed by atoms with Gasteiger partial charge in [-0.2, -0.15) is 14.9 Å². The van der Waals surface area contributed by atoms with Gasteiger partial charge in [-0.3, -0.25) is 0 Å². The molecule has 0 spiro atoms. The van der Waals surface area contributed by atoms with E-state index in [1.54, 1.807) is 62.8 Å². The molecule has 0 fully saturated rings. The second kappa shape index (κ2) is 8.00. The summed E-state index contributed by atoms with van der Waals surface area (Å²) < 4.78 is 11.6. The highest BCUT2D eigenvalue weighted by Gasteiger charge is 2.20. The third-order valence-corrected chi connectivity index (χ3v) is 4.61. The summed E-state index contributed by atoms with van der Waals surface area (Å²) in [6, 6.07) is 16.3. The summed E-state index contributed by atoms with van der Waals surface area (Å²) in [7, 11) is 3.16. The normalized spacial score (nSPS) is 11.0. The van der Waals surface area contributed by atoms with Crippen molar-refractivity contribution in [3.05, 3.63) is 54.1 Å². The quantitative estimate of drug-likeness (QED) is 0.471. The summed E-state index contributed by atoms with van der Waals surface area (Å²) in [5.41, 5.74) is 14.7. The molecule has 10 heteroatoms. The molecule has 2 heterocycles. The number of aromatic nitrogens is 3. The Morgan fingerprint density at radius 3 is 2.13 bits per heavy atom. The number of benzene rings is 2. The minimum absolute atomic E-state index is 0.0900. The summed E-state index contributed by atoms with van der Waals surface area (Å²) in [5, 5.41) is 22.3. The third-order valence-electron chi connectivity index (χ3n) is 4.61. The van der Waals surface area contributed by atoms with Gasteiger partial charge < -0.3 is 20.9 Å². The maximum absolute atomic E-state index is 9.67. The van der Waals surface area contributed by atoms with E-state index in [4.69, 9.17) is 20.9 Å². The van der Waals surface area contributed by atoms with Crippen LogP contribution in [0.3, 0.4) is 0 Å². The molecule has 0 radical (unpaired) electrons. The molecule has 0 aliphatic carbocycles. The van der Waals surface area contributed by atoms with Crippen LogP contribution in [0.15, 0.2) is 58.8 Å². The Bertz CT molecular complexity index is 1320. The molecule has 0 aliphatic heterocycles. The SMILES string of the molecule is COc1ccc(N=Nc2c(N)nn3c(N)c(C#N)c(-c4ccc(OC)cc4)nc23)cc1. The fourth-order valence-electron chi connectivity index (χ4n) is 3.00. The van der Waals surface area contributed by atoms with Crippen molar-refractivity contribution in [2.24, 2.45) is 10.2 Å². The summed E-state index contributed by atoms with van der Waals surface area (Å²) in [6.45, 7) is 0. The van der Waals surface area contributed by atoms with Crippen LogP contribution in [0.4, 0.5) is 23.0 Å². The number of methoxy groups -OCH3 is 2. The molecule has 4 aromatic rings. The lowest BCUT2D eigenvalue weighted by Gasteiger charge is -2.09. The molecule has 0 aliphatic rings. The number of nitrogens with zero attached hydrogens (tertiary/aromatic N) is 6. The Kier molecular flexibility index (Phi) is 5.07. The van der Waals surface area contributed by atoms with E-state index in [1.807, 2.05) is 0 Å². The minimum atomic E-state index is 0.0900. The molecule has 2 aromatic carbocycles. The van der Waals surface area contributed by atoms with Gasteiger partial charge in [0.25, 0.3) is 0 Å². The summed E-state index contributed by atoms with van der Waals surface area (Å²) in [5.74, 6) is 1.58. The number of hydrogen-bond acceptors (Lipinski definition) is 9. The van der Waals surface area contributed by atoms with Crippen molar-refractivity contribution < 1.29 is 9.47 Å². The van der Waals surface area contributed by atoms with Crippen molar-refractivity contribution >= 4 is 28.7 Å². The number of fused-ring (bicyclic) bond motifs is 1. The van der Waals surface area contributed by atoms with E-state index in [1.165, 1.54) is 4.52 Å². The zero-order valence-electron chi connectivity index (χ0n) is 16.8. The van der Waals surface area contributed by atoms with E-state index in [0.717, 1.165) is 0 Å². The van der Waals surface area contributed by atoms with E-state index in [0.29, 0.717) is 28.4 Å². The number of hydrogen-bond donors (Lipinski definition) is 2. The molecule has 0 saturated heterocycles. The van der Waals surface area contributed by atoms with Crippen LogP contribution >= 0.6 is 0 Å². The van der Waals surface area contributed by atoms with Crippen LogP contribution < -0.4 is 20.9 Å². The molecule has 2 aromatic heterocycles. The van der Waals surface area contributed by atoms with Crippen LogP contribution in [0.2, 0.25) is 0 Å². The first-order valence-corrected chi connectivity index (χ1v) is 9.13. The van der Waals surface area contributed by atoms with Crippen molar-refractivity contribution in [1.82, 2.24) is 14.6 Å². The largest absolute Gasteiger partial charge is 0.497 e. The smallest absolute Gasteiger partial charge is 0.188 e. The average molecular weight is 414 g/mol. The van der Waals surface area contributed by atoms with Gasteiger partial charge in [0.1, 0.15) is 28.9 Å². The monoisotopic (exact) mass is 414 g/mol. The standard InChI is InChI=1S/C21H18N8O2/c1-30-14-7-3-12(4-8-14)17-16(11-22)20(24)29-21(25-17)18(19(23)28-29)27-26-13-5-9-15(31-2)10-6-13/h3-10H,24H2,1-2H3,(H2,23,28). The number of rotatable bonds is 5. The predicted octanol–water partition coefficient (Wildman–Crippen LogP) is 3.86. The fraction of sp³-hybridized carbons (Fsp3) is 0.0952. The Hall–Kier alpha value is -4.65. The van der Waals surface area contributed by atoms with Crippen LogP contribution in [0.5, 0.6) is 11.5 Å². The Balaban J connectivity index is 1.85. The summed E-state index contributed by atoms with van der Waals surface area (Å²) >= 11 is 0. The summed E-state index contributed by atoms with van der Waals surface area (Å²) in [4.78, 5) is 4.60. The molecule has 0 unspecified atom stereocenters. The van der Waals surface area contributed by atoms with Crippen LogP contribution in [0.25, 0.3) is 16.9 Å². The van der Waals surface area contributed by atoms with Gasteiger partial charge in [0.2, 0.25) is 0 Å². The number of ether oxygens (including phenoxy) is 2. The van der Waals surface area contributed by atoms with Gasteiger partial charge in [0.05, 0.1) is 25.6 Å². The van der Waals surface area contributed by atoms with E-state index in [-0.39, 0.29) is 28.5 Å². The van der Waals surface area contributed by atoms with Gasteiger partial charge in [0.15, 0.2) is 17.2 Å². The molecule has 31 heavy (non-hydrogen) atoms. The predicted molar refractivity (Wildman–Crippen MR) is 116 cm³/mol. The topological polar surface area (TPSA) is 149 Å². The van der Waals surface area contributed by atoms with E-state index < -0.39 is 0 Å². The number of nitrogens with two attached hydrogens (primary N) is 2. The number of azo groups is 1. The highest BCUT2D eigenvalue weighted by Crippen LogP contribution is 2.34. The minimum Gasteiger partial charge on any atom is -0.497 e. The first-order chi connectivity index (χ1) is 15.0. The Morgan fingerprint density at radius 2 is 1.55 bits per heavy atom. The van der Waals surface area contributed by atoms with Crippen LogP contribution in [-0.4, -0.2) is 28.8 Å². The molecular weight excluding hydrogens is 396 g/mol. The highest BCUT2D eigenvalue weighted by atomic mass is 16.5. The Labute approximate surface area is 177 Å². The number of nitrogen functional groups attached to an aromatic ring is 2. The van der Waals surface area contributed by atoms with Crippen molar-refractivity contribution in [2.45, 2.75) is 0 Å². The van der Waals surface area contributed by atoms with Gasteiger partial charge in [-0.15, -0.1) is 10.2 Å². The second-order valence-corrected chi connectivity index (χ2v) is 6.43. The molecule has 0 saturated carbocycles. The fourth-order valence-corrected chi connectivity index (χ4v) is 3.00. The number of anilines is 2. The molecule has 154 valence electrons. The lowest BCUT2D eigenvalue weighted by Crippen LogP contribution is -2.06. The van der Waals surface area contributed by atoms with Gasteiger partial charge >= 0.3 is 0 Å². The van der Waals surface area contributed by atoms with Gasteiger partial charge in [-0.1, -0.05) is 0 Å². The molecule has 0 amide bonds. The molecule has 4 rings (SSSR count). The molecule has 10 nitrogen and oxygen atoms in total. The van der Waals surface area contributed by atoms with E-state index in [2.05, 4.69) is 26.4 Å². The highest BCUT2D eigenvalue weighted by molar-refractivity contribution is 5.82. The van der Waals surface area contributed by atoms with Crippen molar-refractivity contribution in [2.75, 3.05) is 25.7 Å². The van der Waals surface area contributed by atoms with Crippen LogP contribution in [0.1, 0.15) is 5.56 Å². The van der Waals surface area contributed by atoms with Gasteiger partial charge in [0, 0.05) is 5.56 Å². The van der Waals surface area contributed by atoms with Gasteiger partial charge in [-0.05, 0) is 48.5 Å². The van der Waals surface area contributed by atoms with Crippen molar-refractivity contribution in [1.29, 1.82) is 5.26 Å².